The second kappa shape index (κ2) is 18.3. The number of rotatable bonds is 18. The van der Waals surface area contributed by atoms with Gasteiger partial charge in [-0.25, -0.2) is 9.78 Å². The van der Waals surface area contributed by atoms with Crippen molar-refractivity contribution in [1.29, 1.82) is 0 Å². The van der Waals surface area contributed by atoms with Crippen LogP contribution in [0.3, 0.4) is 0 Å². The summed E-state index contributed by atoms with van der Waals surface area (Å²) in [6.45, 7) is 3.06. The number of benzene rings is 3. The number of amides is 1. The molecule has 1 aromatic heterocycles. The third-order valence-electron chi connectivity index (χ3n) is 13.3. The Bertz CT molecular complexity index is 2580. The smallest absolute Gasteiger partial charge is 0.222 e. The maximum Gasteiger partial charge on any atom is 0.222 e. The molecular weight excluding hydrogens is 829 g/mol. The highest BCUT2D eigenvalue weighted by molar-refractivity contribution is 5.92. The topological polar surface area (TPSA) is 257 Å². The summed E-state index contributed by atoms with van der Waals surface area (Å²) in [5.41, 5.74) is 0.0708. The van der Waals surface area contributed by atoms with Gasteiger partial charge in [0.25, 0.3) is 0 Å². The number of hydrogen-bond donors (Lipinski definition) is 10. The fourth-order valence-electron chi connectivity index (χ4n) is 9.79. The number of aromatic hydroxyl groups is 2. The Kier molecular flexibility index (Phi) is 13.0. The quantitative estimate of drug-likeness (QED) is 0.0501. The molecule has 3 aromatic carbocycles. The van der Waals surface area contributed by atoms with Gasteiger partial charge in [0.1, 0.15) is 77.4 Å². The van der Waals surface area contributed by atoms with Crippen molar-refractivity contribution in [3.05, 3.63) is 93.1 Å². The summed E-state index contributed by atoms with van der Waals surface area (Å²) in [5.74, 6) is 0.687. The number of nitrogens with one attached hydrogen (secondary N) is 3. The first-order valence-corrected chi connectivity index (χ1v) is 21.8. The number of fused-ring (bicyclic) bond motifs is 4. The molecule has 9 atom stereocenters. The number of ether oxygens (including phenoxy) is 1. The van der Waals surface area contributed by atoms with Gasteiger partial charge in [-0.2, -0.15) is 0 Å². The predicted molar refractivity (Wildman–Crippen MR) is 234 cm³/mol. The lowest BCUT2D eigenvalue weighted by Gasteiger charge is -2.45. The first-order chi connectivity index (χ1) is 30.7. The number of carbonyl (C=O) groups is 1. The summed E-state index contributed by atoms with van der Waals surface area (Å²) in [7, 11) is 1.81. The van der Waals surface area contributed by atoms with Gasteiger partial charge < -0.3 is 55.5 Å². The van der Waals surface area contributed by atoms with E-state index < -0.39 is 55.3 Å². The van der Waals surface area contributed by atoms with Gasteiger partial charge in [-0.3, -0.25) is 19.5 Å². The van der Waals surface area contributed by atoms with Crippen LogP contribution in [0.4, 0.5) is 5.69 Å². The molecule has 4 aromatic rings. The van der Waals surface area contributed by atoms with Crippen LogP contribution in [0.1, 0.15) is 55.9 Å². The van der Waals surface area contributed by atoms with Crippen molar-refractivity contribution in [3.63, 3.8) is 0 Å². The summed E-state index contributed by atoms with van der Waals surface area (Å²) in [6.07, 6.45) is 0.965. The van der Waals surface area contributed by atoms with Crippen molar-refractivity contribution >= 4 is 39.6 Å². The molecule has 1 saturated heterocycles. The second-order valence-corrected chi connectivity index (χ2v) is 17.6. The van der Waals surface area contributed by atoms with Crippen LogP contribution in [0.2, 0.25) is 0 Å². The minimum absolute atomic E-state index is 0.00380. The van der Waals surface area contributed by atoms with Crippen LogP contribution < -0.4 is 25.7 Å². The molecule has 17 heteroatoms. The Hall–Kier alpha value is -5.21. The van der Waals surface area contributed by atoms with Crippen molar-refractivity contribution < 1.29 is 64.4 Å². The average molecular weight is 886 g/mol. The van der Waals surface area contributed by atoms with Crippen molar-refractivity contribution in [2.45, 2.75) is 100 Å². The molecule has 0 bridgehead atoms. The van der Waals surface area contributed by atoms with E-state index in [0.29, 0.717) is 88.8 Å². The summed E-state index contributed by atoms with van der Waals surface area (Å²) in [5, 5.41) is 83.0. The van der Waals surface area contributed by atoms with Gasteiger partial charge in [0.05, 0.1) is 12.0 Å². The zero-order valence-electron chi connectivity index (χ0n) is 36.0. The number of carbonyl (C=O) groups excluding carboxylic acids is 1. The minimum Gasteiger partial charge on any atom is -0.508 e. The first kappa shape index (κ1) is 45.4. The van der Waals surface area contributed by atoms with Crippen molar-refractivity contribution in [2.24, 2.45) is 10.9 Å². The maximum atomic E-state index is 13.8. The Balaban J connectivity index is 1.21. The lowest BCUT2D eigenvalue weighted by molar-refractivity contribution is -0.793. The van der Waals surface area contributed by atoms with E-state index in [2.05, 4.69) is 22.5 Å². The van der Waals surface area contributed by atoms with Gasteiger partial charge in [-0.1, -0.05) is 13.0 Å². The van der Waals surface area contributed by atoms with Gasteiger partial charge in [-0.05, 0) is 86.6 Å². The maximum absolute atomic E-state index is 13.8. The molecule has 1 amide bonds. The number of aliphatic imine (C=N–C) groups is 1. The third-order valence-corrected chi connectivity index (χ3v) is 13.3. The first-order valence-electron chi connectivity index (χ1n) is 21.8. The average Bonchev–Trinajstić information content (AvgIpc) is 4.01. The molecule has 0 spiro atoms. The molecule has 10 N–H and O–H groups in total. The molecule has 64 heavy (non-hydrogen) atoms. The standard InChI is InChI=1S/C47H56N4O13/c1-4-35-31-10-13-49-34(31)22-51(35)41-43-28(17-33-37(55)15-25(2)62-44(33)41)18-39(47(63-43,12-14-48-3)11-9-26-16-40(57)50-21-26)64-61-24-46(60,45(59)42(58)38(56)23-52)20-27-5-8-36(54)30-7-6-29(53)19-32(27)30/h5-8,10,13,15,17,19,22,26,35,38-39,42,45,48,52-54,56,58-60H,4,9,11-12,14,16,18,20-21,23-24H2,1-3H3,(H,50,57)/p+1. The van der Waals surface area contributed by atoms with E-state index in [0.717, 1.165) is 22.6 Å². The Labute approximate surface area is 368 Å². The fraction of sp³-hybridized carbons (Fsp3) is 0.468. The molecule has 5 heterocycles. The molecule has 4 aliphatic rings. The monoisotopic (exact) mass is 885 g/mol. The Morgan fingerprint density at radius 1 is 1.06 bits per heavy atom. The molecular formula is C47H57N4O13+. The highest BCUT2D eigenvalue weighted by Gasteiger charge is 2.51. The zero-order chi connectivity index (χ0) is 45.5. The zero-order valence-corrected chi connectivity index (χ0v) is 36.0. The van der Waals surface area contributed by atoms with Crippen LogP contribution in [0.5, 0.6) is 17.2 Å². The molecule has 0 aliphatic carbocycles. The molecule has 17 nitrogen and oxygen atoms in total. The van der Waals surface area contributed by atoms with E-state index in [9.17, 15) is 45.3 Å². The number of aliphatic hydroxyl groups is 5. The summed E-state index contributed by atoms with van der Waals surface area (Å²) < 4.78 is 13.8. The van der Waals surface area contributed by atoms with E-state index in [1.807, 2.05) is 19.3 Å². The number of nitrogens with zero attached hydrogens (tertiary/aromatic N) is 1. The molecule has 0 saturated carbocycles. The van der Waals surface area contributed by atoms with E-state index in [1.165, 1.54) is 36.4 Å². The van der Waals surface area contributed by atoms with Crippen molar-refractivity contribution in [1.82, 2.24) is 10.6 Å². The molecule has 342 valence electrons. The van der Waals surface area contributed by atoms with Crippen molar-refractivity contribution in [2.75, 3.05) is 33.4 Å². The van der Waals surface area contributed by atoms with E-state index in [4.69, 9.17) is 18.9 Å². The molecule has 8 rings (SSSR count). The van der Waals surface area contributed by atoms with Crippen LogP contribution in [0.15, 0.2) is 80.2 Å². The largest absolute Gasteiger partial charge is 0.508 e. The normalized spacial score (nSPS) is 25.0. The summed E-state index contributed by atoms with van der Waals surface area (Å²) in [6, 6.07) is 10.3. The lowest BCUT2D eigenvalue weighted by Crippen LogP contribution is -3.05. The molecule has 1 fully saturated rings. The van der Waals surface area contributed by atoms with Crippen LogP contribution in [0.25, 0.3) is 21.7 Å². The number of phenolic OH excluding ortho intramolecular Hbond substituents is 2. The highest BCUT2D eigenvalue weighted by Crippen LogP contribution is 2.47. The van der Waals surface area contributed by atoms with Crippen LogP contribution in [0, 0.1) is 12.8 Å². The highest BCUT2D eigenvalue weighted by atomic mass is 17.2. The Morgan fingerprint density at radius 2 is 1.88 bits per heavy atom. The van der Waals surface area contributed by atoms with Gasteiger partial charge >= 0.3 is 0 Å². The number of hydrogen-bond acceptors (Lipinski definition) is 15. The molecule has 0 radical (unpaired) electrons. The number of aliphatic hydroxyl groups excluding tert-OH is 4. The van der Waals surface area contributed by atoms with Crippen LogP contribution in [-0.4, -0.2) is 123 Å². The van der Waals surface area contributed by atoms with Gasteiger partial charge in [0.15, 0.2) is 11.2 Å². The SMILES string of the molecule is CCC1C2=CC=NC2=C[NH+]1c1c2c(cc3c(=O)cc(C)oc13)CC(OOCC(O)(Cc1ccc(O)c3ccc(O)cc13)C(O)C(O)C(O)CO)C(CCNC)(CCC1CNC(=O)C1)O2. The number of quaternary nitrogens is 1. The lowest BCUT2D eigenvalue weighted by atomic mass is 9.79. The van der Waals surface area contributed by atoms with Gasteiger partial charge in [0, 0.05) is 67.5 Å². The summed E-state index contributed by atoms with van der Waals surface area (Å²) >= 11 is 0. The van der Waals surface area contributed by atoms with Crippen molar-refractivity contribution in [3.8, 4) is 17.2 Å². The minimum atomic E-state index is -2.42. The number of phenols is 2. The van der Waals surface area contributed by atoms with E-state index in [1.54, 1.807) is 19.2 Å². The van der Waals surface area contributed by atoms with Crippen LogP contribution in [-0.2, 0) is 27.4 Å². The Morgan fingerprint density at radius 3 is 2.61 bits per heavy atom. The van der Waals surface area contributed by atoms with Gasteiger partial charge in [0.2, 0.25) is 17.2 Å². The molecule has 9 unspecified atom stereocenters. The molecule has 4 aliphatic heterocycles. The number of allylic oxidation sites excluding steroid dienone is 1. The van der Waals surface area contributed by atoms with E-state index >= 15 is 0 Å². The predicted octanol–water partition coefficient (Wildman–Crippen LogP) is 1.39. The second-order valence-electron chi connectivity index (χ2n) is 17.6. The van der Waals surface area contributed by atoms with Gasteiger partial charge in [-0.15, -0.1) is 0 Å². The number of aryl methyl sites for hydroxylation is 1. The fourth-order valence-corrected chi connectivity index (χ4v) is 9.79. The van der Waals surface area contributed by atoms with Crippen LogP contribution >= 0.6 is 0 Å². The summed E-state index contributed by atoms with van der Waals surface area (Å²) in [4.78, 5) is 44.0. The van der Waals surface area contributed by atoms with E-state index in [-0.39, 0.29) is 41.2 Å². The third kappa shape index (κ3) is 8.55.